The topological polar surface area (TPSA) is 70.1 Å². The molecular weight excluding hydrogens is 260 g/mol. The molecule has 6 heteroatoms. The second-order valence-corrected chi connectivity index (χ2v) is 4.79. The lowest BCUT2D eigenvalue weighted by molar-refractivity contribution is 0.0950. The summed E-state index contributed by atoms with van der Waals surface area (Å²) in [5.74, 6) is -0.332. The first-order valence-corrected chi connectivity index (χ1v) is 6.91. The Labute approximate surface area is 115 Å². The number of H-pyrrole nitrogens is 1. The molecule has 98 valence electrons. The molecule has 1 aromatic heterocycles. The molecule has 1 amide bonds. The summed E-state index contributed by atoms with van der Waals surface area (Å²) in [6, 6.07) is 9.56. The standard InChI is InChI=1S/C13H14N4OS/c1-9-7-12(16-15-9)13(18)17-14-8-10-3-5-11(19-2)6-4-10/h3-8H,1-2H3,(H,15,16)(H,17,18)/b14-8+. The average molecular weight is 274 g/mol. The second kappa shape index (κ2) is 6.19. The molecule has 2 rings (SSSR count). The molecule has 5 nitrogen and oxygen atoms in total. The van der Waals surface area contributed by atoms with Crippen LogP contribution in [0.25, 0.3) is 0 Å². The zero-order valence-corrected chi connectivity index (χ0v) is 11.5. The normalized spacial score (nSPS) is 10.8. The number of nitrogens with zero attached hydrogens (tertiary/aromatic N) is 2. The van der Waals surface area contributed by atoms with Gasteiger partial charge in [-0.3, -0.25) is 9.89 Å². The highest BCUT2D eigenvalue weighted by atomic mass is 32.2. The molecule has 0 aliphatic rings. The van der Waals surface area contributed by atoms with Gasteiger partial charge in [0.25, 0.3) is 5.91 Å². The van der Waals surface area contributed by atoms with Gasteiger partial charge >= 0.3 is 0 Å². The van der Waals surface area contributed by atoms with E-state index in [9.17, 15) is 4.79 Å². The Morgan fingerprint density at radius 2 is 2.16 bits per heavy atom. The quantitative estimate of drug-likeness (QED) is 0.510. The van der Waals surface area contributed by atoms with Gasteiger partial charge in [-0.15, -0.1) is 11.8 Å². The highest BCUT2D eigenvalue weighted by molar-refractivity contribution is 7.98. The van der Waals surface area contributed by atoms with Gasteiger partial charge in [0.05, 0.1) is 6.21 Å². The van der Waals surface area contributed by atoms with Crippen molar-refractivity contribution in [3.63, 3.8) is 0 Å². The zero-order valence-electron chi connectivity index (χ0n) is 10.7. The summed E-state index contributed by atoms with van der Waals surface area (Å²) in [5.41, 5.74) is 4.52. The number of aryl methyl sites for hydroxylation is 1. The Bertz CT molecular complexity index is 589. The Balaban J connectivity index is 1.94. The molecule has 1 aromatic carbocycles. The molecule has 0 unspecified atom stereocenters. The SMILES string of the molecule is CSc1ccc(/C=N/NC(=O)c2cc(C)[nH]n2)cc1. The minimum absolute atomic E-state index is 0.326. The third-order valence-corrected chi connectivity index (χ3v) is 3.18. The Morgan fingerprint density at radius 3 is 2.74 bits per heavy atom. The highest BCUT2D eigenvalue weighted by Gasteiger charge is 2.07. The van der Waals surface area contributed by atoms with E-state index in [1.165, 1.54) is 4.90 Å². The van der Waals surface area contributed by atoms with E-state index in [1.54, 1.807) is 24.0 Å². The number of carbonyl (C=O) groups is 1. The van der Waals surface area contributed by atoms with Crippen molar-refractivity contribution >= 4 is 23.9 Å². The first-order valence-electron chi connectivity index (χ1n) is 5.68. The molecule has 2 aromatic rings. The molecule has 19 heavy (non-hydrogen) atoms. The van der Waals surface area contributed by atoms with Crippen molar-refractivity contribution < 1.29 is 4.79 Å². The number of benzene rings is 1. The molecule has 0 aliphatic heterocycles. The number of carbonyl (C=O) groups excluding carboxylic acids is 1. The van der Waals surface area contributed by atoms with Crippen LogP contribution in [0.5, 0.6) is 0 Å². The van der Waals surface area contributed by atoms with E-state index < -0.39 is 0 Å². The highest BCUT2D eigenvalue weighted by Crippen LogP contribution is 2.13. The molecule has 0 fully saturated rings. The number of hydrogen-bond acceptors (Lipinski definition) is 4. The minimum atomic E-state index is -0.332. The van der Waals surface area contributed by atoms with E-state index in [1.807, 2.05) is 37.4 Å². The van der Waals surface area contributed by atoms with E-state index >= 15 is 0 Å². The third-order valence-electron chi connectivity index (χ3n) is 2.43. The number of hydrogen-bond donors (Lipinski definition) is 2. The van der Waals surface area contributed by atoms with Crippen LogP contribution in [0.15, 0.2) is 40.3 Å². The number of amides is 1. The molecule has 0 aliphatic carbocycles. The van der Waals surface area contributed by atoms with Gasteiger partial charge in [-0.25, -0.2) is 5.43 Å². The van der Waals surface area contributed by atoms with E-state index in [-0.39, 0.29) is 5.91 Å². The minimum Gasteiger partial charge on any atom is -0.282 e. The van der Waals surface area contributed by atoms with E-state index in [0.29, 0.717) is 5.69 Å². The van der Waals surface area contributed by atoms with Crippen LogP contribution in [-0.2, 0) is 0 Å². The fourth-order valence-corrected chi connectivity index (χ4v) is 1.86. The number of hydrazone groups is 1. The van der Waals surface area contributed by atoms with Gasteiger partial charge in [-0.2, -0.15) is 10.2 Å². The number of aromatic amines is 1. The Morgan fingerprint density at radius 1 is 1.42 bits per heavy atom. The Kier molecular flexibility index (Phi) is 4.35. The zero-order chi connectivity index (χ0) is 13.7. The summed E-state index contributed by atoms with van der Waals surface area (Å²) >= 11 is 1.68. The molecule has 0 saturated carbocycles. The summed E-state index contributed by atoms with van der Waals surface area (Å²) < 4.78 is 0. The average Bonchev–Trinajstić information content (AvgIpc) is 2.86. The summed E-state index contributed by atoms with van der Waals surface area (Å²) in [6.07, 6.45) is 3.62. The second-order valence-electron chi connectivity index (χ2n) is 3.91. The van der Waals surface area contributed by atoms with Crippen molar-refractivity contribution in [1.82, 2.24) is 15.6 Å². The molecule has 0 saturated heterocycles. The molecule has 1 heterocycles. The van der Waals surface area contributed by atoms with Gasteiger partial charge in [0, 0.05) is 10.6 Å². The van der Waals surface area contributed by atoms with Crippen molar-refractivity contribution in [2.24, 2.45) is 5.10 Å². The first-order chi connectivity index (χ1) is 9.19. The molecule has 0 radical (unpaired) electrons. The van der Waals surface area contributed by atoms with Crippen LogP contribution >= 0.6 is 11.8 Å². The van der Waals surface area contributed by atoms with Crippen LogP contribution in [-0.4, -0.2) is 28.6 Å². The molecule has 0 bridgehead atoms. The fraction of sp³-hybridized carbons (Fsp3) is 0.154. The van der Waals surface area contributed by atoms with Gasteiger partial charge in [0.2, 0.25) is 0 Å². The monoisotopic (exact) mass is 274 g/mol. The maximum atomic E-state index is 11.6. The van der Waals surface area contributed by atoms with Gasteiger partial charge in [0.15, 0.2) is 5.69 Å². The lowest BCUT2D eigenvalue weighted by Crippen LogP contribution is -2.17. The van der Waals surface area contributed by atoms with Crippen molar-refractivity contribution in [2.45, 2.75) is 11.8 Å². The maximum absolute atomic E-state index is 11.6. The number of nitrogens with one attached hydrogen (secondary N) is 2. The lowest BCUT2D eigenvalue weighted by atomic mass is 10.2. The largest absolute Gasteiger partial charge is 0.291 e. The van der Waals surface area contributed by atoms with Crippen LogP contribution in [0.1, 0.15) is 21.7 Å². The number of thioether (sulfide) groups is 1. The number of rotatable bonds is 4. The fourth-order valence-electron chi connectivity index (χ4n) is 1.45. The van der Waals surface area contributed by atoms with Crippen LogP contribution in [0.2, 0.25) is 0 Å². The molecule has 0 spiro atoms. The third kappa shape index (κ3) is 3.69. The smallest absolute Gasteiger partial charge is 0.282 e. The summed E-state index contributed by atoms with van der Waals surface area (Å²) in [7, 11) is 0. The molecule has 0 atom stereocenters. The van der Waals surface area contributed by atoms with Gasteiger partial charge in [0.1, 0.15) is 0 Å². The lowest BCUT2D eigenvalue weighted by Gasteiger charge is -1.97. The van der Waals surface area contributed by atoms with Crippen LogP contribution in [0.3, 0.4) is 0 Å². The van der Waals surface area contributed by atoms with Crippen LogP contribution in [0, 0.1) is 6.92 Å². The summed E-state index contributed by atoms with van der Waals surface area (Å²) in [6.45, 7) is 1.83. The molecule has 2 N–H and O–H groups in total. The van der Waals surface area contributed by atoms with Gasteiger partial charge < -0.3 is 0 Å². The summed E-state index contributed by atoms with van der Waals surface area (Å²) in [5, 5.41) is 10.5. The van der Waals surface area contributed by atoms with Crippen molar-refractivity contribution in [2.75, 3.05) is 6.26 Å². The van der Waals surface area contributed by atoms with Crippen LogP contribution < -0.4 is 5.43 Å². The molecular formula is C13H14N4OS. The van der Waals surface area contributed by atoms with E-state index in [4.69, 9.17) is 0 Å². The first kappa shape index (κ1) is 13.4. The van der Waals surface area contributed by atoms with E-state index in [0.717, 1.165) is 11.3 Å². The van der Waals surface area contributed by atoms with Gasteiger partial charge in [-0.05, 0) is 36.9 Å². The number of aromatic nitrogens is 2. The predicted octanol–water partition coefficient (Wildman–Crippen LogP) is 2.20. The van der Waals surface area contributed by atoms with Gasteiger partial charge in [-0.1, -0.05) is 12.1 Å². The predicted molar refractivity (Wildman–Crippen MR) is 76.6 cm³/mol. The van der Waals surface area contributed by atoms with Crippen molar-refractivity contribution in [3.8, 4) is 0 Å². The Hall–Kier alpha value is -2.08. The maximum Gasteiger partial charge on any atom is 0.291 e. The van der Waals surface area contributed by atoms with E-state index in [2.05, 4.69) is 20.7 Å². The van der Waals surface area contributed by atoms with Crippen molar-refractivity contribution in [1.29, 1.82) is 0 Å². The van der Waals surface area contributed by atoms with Crippen molar-refractivity contribution in [3.05, 3.63) is 47.3 Å². The summed E-state index contributed by atoms with van der Waals surface area (Å²) in [4.78, 5) is 12.8. The van der Waals surface area contributed by atoms with Crippen LogP contribution in [0.4, 0.5) is 0 Å².